The number of nitrogens with one attached hydrogen (secondary N) is 1. The van der Waals surface area contributed by atoms with Gasteiger partial charge in [-0.2, -0.15) is 0 Å². The average Bonchev–Trinajstić information content (AvgIpc) is 2.65. The Hall–Kier alpha value is -0.444. The van der Waals surface area contributed by atoms with E-state index < -0.39 is 0 Å². The van der Waals surface area contributed by atoms with Crippen molar-refractivity contribution in [2.24, 2.45) is 0 Å². The van der Waals surface area contributed by atoms with E-state index in [0.29, 0.717) is 11.0 Å². The number of nitrogens with zero attached hydrogens (tertiary/aromatic N) is 2. The number of aromatic nitrogens is 3. The molecule has 5 nitrogen and oxygen atoms in total. The summed E-state index contributed by atoms with van der Waals surface area (Å²) in [5.41, 5.74) is 1.81. The average molecular weight is 270 g/mol. The molecular weight excluding hydrogens is 263 g/mol. The van der Waals surface area contributed by atoms with E-state index in [1.54, 1.807) is 0 Å². The number of hydrogen-bond donors (Lipinski definition) is 2. The molecule has 0 radical (unpaired) electrons. The predicted octanol–water partition coefficient (Wildman–Crippen LogP) is -1.96. The van der Waals surface area contributed by atoms with Crippen LogP contribution >= 0.6 is 12.2 Å². The summed E-state index contributed by atoms with van der Waals surface area (Å²) in [7, 11) is 0. The van der Waals surface area contributed by atoms with Gasteiger partial charge in [-0.25, -0.2) is 9.66 Å². The van der Waals surface area contributed by atoms with Crippen molar-refractivity contribution in [2.75, 3.05) is 5.84 Å². The van der Waals surface area contributed by atoms with Crippen LogP contribution in [-0.4, -0.2) is 14.6 Å². The van der Waals surface area contributed by atoms with Crippen molar-refractivity contribution in [3.05, 3.63) is 29.0 Å². The number of H-pyrrole nitrogens is 1. The van der Waals surface area contributed by atoms with Gasteiger partial charge in [0.2, 0.25) is 4.77 Å². The van der Waals surface area contributed by atoms with Gasteiger partial charge in [0.1, 0.15) is 5.52 Å². The van der Waals surface area contributed by atoms with Crippen LogP contribution in [0.3, 0.4) is 0 Å². The Balaban J connectivity index is 0.00000108. The van der Waals surface area contributed by atoms with E-state index in [0.717, 1.165) is 15.6 Å². The number of nitrogen functional groups attached to an aromatic ring is 1. The summed E-state index contributed by atoms with van der Waals surface area (Å²) in [4.78, 5) is 7.14. The summed E-state index contributed by atoms with van der Waals surface area (Å²) in [6.07, 6.45) is 0. The molecule has 1 aromatic carbocycles. The molecule has 0 unspecified atom stereocenters. The topological polar surface area (TPSA) is 82.7 Å². The molecule has 3 N–H and O–H groups in total. The first-order chi connectivity index (χ1) is 7.68. The fraction of sp³-hybridized carbons (Fsp3) is 0. The minimum absolute atomic E-state index is 0. The Labute approximate surface area is 144 Å². The zero-order chi connectivity index (χ0) is 11.3. The maximum Gasteiger partial charge on any atom is 1.00 e. The second kappa shape index (κ2) is 4.67. The standard InChI is InChI=1S/C10H8N4OS.K/c11-14-9(15)8-7(13-10(14)16)5-3-1-2-4-6(5)12-8;/h1-4,12,15H,11H2;/q;+1/p-1. The molecule has 0 bridgehead atoms. The maximum absolute atomic E-state index is 11.8. The van der Waals surface area contributed by atoms with E-state index in [1.807, 2.05) is 24.3 Å². The van der Waals surface area contributed by atoms with Gasteiger partial charge in [0.15, 0.2) is 0 Å². The molecular formula is C10H7KN4OS. The second-order valence-corrected chi connectivity index (χ2v) is 3.83. The molecule has 0 spiro atoms. The van der Waals surface area contributed by atoms with Crippen LogP contribution in [0.25, 0.3) is 21.9 Å². The Morgan fingerprint density at radius 3 is 2.82 bits per heavy atom. The first kappa shape index (κ1) is 13.0. The van der Waals surface area contributed by atoms with E-state index >= 15 is 0 Å². The van der Waals surface area contributed by atoms with Crippen LogP contribution in [-0.2, 0) is 0 Å². The summed E-state index contributed by atoms with van der Waals surface area (Å²) < 4.78 is 0.954. The first-order valence-electron chi connectivity index (χ1n) is 4.64. The molecule has 0 aliphatic carbocycles. The number of nitrogens with two attached hydrogens (primary N) is 1. The summed E-state index contributed by atoms with van der Waals surface area (Å²) >= 11 is 4.91. The summed E-state index contributed by atoms with van der Waals surface area (Å²) in [6, 6.07) is 7.53. The molecule has 0 fully saturated rings. The number of fused-ring (bicyclic) bond motifs is 3. The second-order valence-electron chi connectivity index (χ2n) is 3.46. The van der Waals surface area contributed by atoms with Gasteiger partial charge in [-0.1, -0.05) is 18.2 Å². The number of benzene rings is 1. The molecule has 80 valence electrons. The van der Waals surface area contributed by atoms with Crippen molar-refractivity contribution in [2.45, 2.75) is 0 Å². The van der Waals surface area contributed by atoms with Gasteiger partial charge in [-0.05, 0) is 18.3 Å². The molecule has 0 amide bonds. The minimum Gasteiger partial charge on any atom is -0.857 e. The number of aromatic amines is 1. The Kier molecular flexibility index (Phi) is 3.57. The zero-order valence-corrected chi connectivity index (χ0v) is 13.0. The van der Waals surface area contributed by atoms with Crippen LogP contribution in [0.15, 0.2) is 24.3 Å². The van der Waals surface area contributed by atoms with Crippen LogP contribution < -0.4 is 62.3 Å². The molecule has 0 saturated carbocycles. The molecule has 3 rings (SSSR count). The summed E-state index contributed by atoms with van der Waals surface area (Å²) in [5, 5.41) is 12.7. The van der Waals surface area contributed by atoms with Crippen molar-refractivity contribution < 1.29 is 56.5 Å². The van der Waals surface area contributed by atoms with Crippen LogP contribution in [0.5, 0.6) is 5.88 Å². The largest absolute Gasteiger partial charge is 1.00 e. The predicted molar refractivity (Wildman–Crippen MR) is 62.0 cm³/mol. The van der Waals surface area contributed by atoms with Crippen molar-refractivity contribution >= 4 is 34.2 Å². The van der Waals surface area contributed by atoms with Gasteiger partial charge >= 0.3 is 51.4 Å². The van der Waals surface area contributed by atoms with Gasteiger partial charge < -0.3 is 15.9 Å². The van der Waals surface area contributed by atoms with Crippen LogP contribution in [0.2, 0.25) is 0 Å². The van der Waals surface area contributed by atoms with Gasteiger partial charge in [-0.15, -0.1) is 0 Å². The first-order valence-corrected chi connectivity index (χ1v) is 5.05. The van der Waals surface area contributed by atoms with Crippen molar-refractivity contribution in [3.8, 4) is 5.88 Å². The summed E-state index contributed by atoms with van der Waals surface area (Å²) in [6.45, 7) is 0. The van der Waals surface area contributed by atoms with E-state index in [4.69, 9.17) is 18.1 Å². The minimum atomic E-state index is -0.355. The number of hydrogen-bond acceptors (Lipinski definition) is 4. The Morgan fingerprint density at radius 1 is 1.35 bits per heavy atom. The smallest absolute Gasteiger partial charge is 0.857 e. The molecule has 0 atom stereocenters. The number of para-hydroxylation sites is 1. The van der Waals surface area contributed by atoms with Crippen LogP contribution in [0.1, 0.15) is 0 Å². The monoisotopic (exact) mass is 270 g/mol. The summed E-state index contributed by atoms with van der Waals surface area (Å²) in [5.74, 6) is 5.13. The Morgan fingerprint density at radius 2 is 2.06 bits per heavy atom. The van der Waals surface area contributed by atoms with Gasteiger partial charge in [0.05, 0.1) is 5.52 Å². The third-order valence-electron chi connectivity index (χ3n) is 2.52. The fourth-order valence-corrected chi connectivity index (χ4v) is 1.93. The SMILES string of the molecule is Nn1c([O-])c2[nH]c3ccccc3c2nc1=S.[K+]. The van der Waals surface area contributed by atoms with E-state index in [1.165, 1.54) is 0 Å². The van der Waals surface area contributed by atoms with Crippen molar-refractivity contribution in [1.29, 1.82) is 0 Å². The normalized spacial score (nSPS) is 10.6. The molecule has 0 aliphatic heterocycles. The molecule has 2 aromatic heterocycles. The Bertz CT molecular complexity index is 764. The van der Waals surface area contributed by atoms with Gasteiger partial charge in [0, 0.05) is 16.8 Å². The fourth-order valence-electron chi connectivity index (χ4n) is 1.75. The molecule has 3 aromatic rings. The zero-order valence-electron chi connectivity index (χ0n) is 9.10. The molecule has 0 saturated heterocycles. The van der Waals surface area contributed by atoms with E-state index in [2.05, 4.69) is 9.97 Å². The molecule has 7 heteroatoms. The van der Waals surface area contributed by atoms with Crippen molar-refractivity contribution in [3.63, 3.8) is 0 Å². The molecule has 0 aliphatic rings. The molecule has 17 heavy (non-hydrogen) atoms. The third kappa shape index (κ3) is 1.92. The van der Waals surface area contributed by atoms with Gasteiger partial charge in [-0.3, -0.25) is 0 Å². The quantitative estimate of drug-likeness (QED) is 0.282. The van der Waals surface area contributed by atoms with E-state index in [-0.39, 0.29) is 62.0 Å². The molecule has 2 heterocycles. The van der Waals surface area contributed by atoms with Crippen molar-refractivity contribution in [1.82, 2.24) is 14.6 Å². The maximum atomic E-state index is 11.8. The van der Waals surface area contributed by atoms with Crippen LogP contribution in [0, 0.1) is 4.77 Å². The van der Waals surface area contributed by atoms with Gasteiger partial charge in [0.25, 0.3) is 0 Å². The van der Waals surface area contributed by atoms with E-state index in [9.17, 15) is 5.11 Å². The van der Waals surface area contributed by atoms with Crippen LogP contribution in [0.4, 0.5) is 0 Å². The third-order valence-corrected chi connectivity index (χ3v) is 2.81. The number of rotatable bonds is 0.